The van der Waals surface area contributed by atoms with Gasteiger partial charge in [0, 0.05) is 33.2 Å². The molecule has 0 N–H and O–H groups in total. The van der Waals surface area contributed by atoms with Gasteiger partial charge >= 0.3 is 6.18 Å². The molecule has 3 heterocycles. The van der Waals surface area contributed by atoms with Gasteiger partial charge in [0.15, 0.2) is 11.5 Å². The number of thioether (sulfide) groups is 1. The third-order valence-electron chi connectivity index (χ3n) is 4.13. The SMILES string of the molecule is CCSc1c(-c2nc3cc(C(F)(F)F)cnc3n2C)sc2cc(Cl)ccc12. The van der Waals surface area contributed by atoms with Crippen molar-refractivity contribution in [3.05, 3.63) is 41.0 Å². The molecular formula is C18H13ClF3N3S2. The van der Waals surface area contributed by atoms with Gasteiger partial charge in [-0.05, 0) is 24.0 Å². The second kappa shape index (κ2) is 6.68. The van der Waals surface area contributed by atoms with E-state index < -0.39 is 11.7 Å². The minimum atomic E-state index is -4.45. The smallest absolute Gasteiger partial charge is 0.311 e. The molecule has 0 amide bonds. The highest BCUT2D eigenvalue weighted by Gasteiger charge is 2.32. The fraction of sp³-hybridized carbons (Fsp3) is 0.222. The van der Waals surface area contributed by atoms with Gasteiger partial charge in [-0.15, -0.1) is 23.1 Å². The quantitative estimate of drug-likeness (QED) is 0.343. The largest absolute Gasteiger partial charge is 0.417 e. The number of aromatic nitrogens is 3. The van der Waals surface area contributed by atoms with Crippen molar-refractivity contribution >= 4 is 55.9 Å². The molecule has 1 aromatic carbocycles. The minimum absolute atomic E-state index is 0.227. The Hall–Kier alpha value is -1.77. The Balaban J connectivity index is 1.96. The first kappa shape index (κ1) is 18.6. The number of aryl methyl sites for hydroxylation is 1. The molecule has 0 bridgehead atoms. The van der Waals surface area contributed by atoms with E-state index in [4.69, 9.17) is 11.6 Å². The maximum atomic E-state index is 13.0. The highest BCUT2D eigenvalue weighted by molar-refractivity contribution is 7.99. The van der Waals surface area contributed by atoms with Crippen LogP contribution < -0.4 is 0 Å². The van der Waals surface area contributed by atoms with E-state index in [9.17, 15) is 13.2 Å². The normalized spacial score (nSPS) is 12.4. The van der Waals surface area contributed by atoms with E-state index >= 15 is 0 Å². The van der Waals surface area contributed by atoms with Crippen molar-refractivity contribution in [2.24, 2.45) is 7.05 Å². The summed E-state index contributed by atoms with van der Waals surface area (Å²) in [6.45, 7) is 2.06. The summed E-state index contributed by atoms with van der Waals surface area (Å²) in [4.78, 5) is 10.4. The fourth-order valence-corrected chi connectivity index (χ4v) is 5.53. The molecule has 0 radical (unpaired) electrons. The van der Waals surface area contributed by atoms with Crippen molar-refractivity contribution < 1.29 is 13.2 Å². The summed E-state index contributed by atoms with van der Waals surface area (Å²) >= 11 is 9.33. The number of nitrogens with zero attached hydrogens (tertiary/aromatic N) is 3. The van der Waals surface area contributed by atoms with Crippen LogP contribution in [0.1, 0.15) is 12.5 Å². The highest BCUT2D eigenvalue weighted by atomic mass is 35.5. The average Bonchev–Trinajstić information content (AvgIpc) is 3.12. The molecule has 0 saturated carbocycles. The number of halogens is 4. The Morgan fingerprint density at radius 3 is 2.74 bits per heavy atom. The standard InChI is InChI=1S/C18H13ClF3N3S2/c1-3-26-14-11-5-4-10(19)7-13(11)27-15(14)17-24-12-6-9(18(20,21)22)8-23-16(12)25(17)2/h4-8H,3H2,1-2H3. The van der Waals surface area contributed by atoms with Crippen LogP contribution in [0, 0.1) is 0 Å². The summed E-state index contributed by atoms with van der Waals surface area (Å²) in [5, 5.41) is 1.71. The zero-order chi connectivity index (χ0) is 19.3. The fourth-order valence-electron chi connectivity index (χ4n) is 2.92. The van der Waals surface area contributed by atoms with Crippen LogP contribution in [0.15, 0.2) is 35.4 Å². The molecule has 0 fully saturated rings. The molecule has 0 aliphatic carbocycles. The first-order valence-corrected chi connectivity index (χ1v) is 10.2. The third-order valence-corrected chi connectivity index (χ3v) is 6.65. The maximum absolute atomic E-state index is 13.0. The molecule has 9 heteroatoms. The zero-order valence-electron chi connectivity index (χ0n) is 14.3. The molecule has 0 atom stereocenters. The number of rotatable bonds is 3. The number of alkyl halides is 3. The number of thiophene rings is 1. The number of fused-ring (bicyclic) bond motifs is 2. The van der Waals surface area contributed by atoms with Crippen molar-refractivity contribution in [1.29, 1.82) is 0 Å². The monoisotopic (exact) mass is 427 g/mol. The van der Waals surface area contributed by atoms with Gasteiger partial charge in [-0.3, -0.25) is 0 Å². The van der Waals surface area contributed by atoms with Crippen LogP contribution in [-0.2, 0) is 13.2 Å². The molecule has 0 saturated heterocycles. The maximum Gasteiger partial charge on any atom is 0.417 e. The van der Waals surface area contributed by atoms with Crippen molar-refractivity contribution in [3.63, 3.8) is 0 Å². The van der Waals surface area contributed by atoms with E-state index in [-0.39, 0.29) is 5.52 Å². The van der Waals surface area contributed by atoms with Gasteiger partial charge < -0.3 is 4.57 Å². The summed E-state index contributed by atoms with van der Waals surface area (Å²) in [6.07, 6.45) is -3.60. The van der Waals surface area contributed by atoms with Gasteiger partial charge in [0.1, 0.15) is 5.52 Å². The van der Waals surface area contributed by atoms with Gasteiger partial charge in [0.2, 0.25) is 0 Å². The first-order chi connectivity index (χ1) is 12.8. The molecule has 0 aliphatic heterocycles. The van der Waals surface area contributed by atoms with Gasteiger partial charge in [-0.1, -0.05) is 24.6 Å². The Morgan fingerprint density at radius 1 is 1.26 bits per heavy atom. The van der Waals surface area contributed by atoms with Crippen LogP contribution in [-0.4, -0.2) is 20.3 Å². The Bertz CT molecular complexity index is 1160. The zero-order valence-corrected chi connectivity index (χ0v) is 16.7. The van der Waals surface area contributed by atoms with E-state index in [2.05, 4.69) is 16.9 Å². The third kappa shape index (κ3) is 3.19. The van der Waals surface area contributed by atoms with Crippen LogP contribution in [0.3, 0.4) is 0 Å². The van der Waals surface area contributed by atoms with Crippen molar-refractivity contribution in [3.8, 4) is 10.7 Å². The van der Waals surface area contributed by atoms with Crippen molar-refractivity contribution in [1.82, 2.24) is 14.5 Å². The van der Waals surface area contributed by atoms with Gasteiger partial charge in [0.25, 0.3) is 0 Å². The van der Waals surface area contributed by atoms with E-state index in [1.807, 2.05) is 18.2 Å². The summed E-state index contributed by atoms with van der Waals surface area (Å²) in [5.74, 6) is 1.46. The van der Waals surface area contributed by atoms with E-state index in [1.54, 1.807) is 23.4 Å². The molecule has 4 aromatic rings. The lowest BCUT2D eigenvalue weighted by atomic mass is 10.2. The van der Waals surface area contributed by atoms with Crippen LogP contribution in [0.4, 0.5) is 13.2 Å². The number of hydrogen-bond donors (Lipinski definition) is 0. The molecule has 27 heavy (non-hydrogen) atoms. The topological polar surface area (TPSA) is 30.7 Å². The first-order valence-electron chi connectivity index (χ1n) is 8.04. The van der Waals surface area contributed by atoms with E-state index in [0.29, 0.717) is 16.5 Å². The number of imidazole rings is 1. The summed E-state index contributed by atoms with van der Waals surface area (Å²) < 4.78 is 41.8. The van der Waals surface area contributed by atoms with E-state index in [1.165, 1.54) is 11.3 Å². The molecule has 0 spiro atoms. The number of pyridine rings is 1. The lowest BCUT2D eigenvalue weighted by Gasteiger charge is -2.05. The second-order valence-electron chi connectivity index (χ2n) is 5.89. The Morgan fingerprint density at radius 2 is 2.04 bits per heavy atom. The Labute approximate surface area is 166 Å². The molecule has 140 valence electrons. The molecule has 0 unspecified atom stereocenters. The second-order valence-corrected chi connectivity index (χ2v) is 8.66. The Kier molecular flexibility index (Phi) is 4.60. The van der Waals surface area contributed by atoms with Crippen molar-refractivity contribution in [2.45, 2.75) is 18.0 Å². The predicted octanol–water partition coefficient (Wildman–Crippen LogP) is 6.63. The molecular weight excluding hydrogens is 415 g/mol. The van der Waals surface area contributed by atoms with Crippen LogP contribution in [0.2, 0.25) is 5.02 Å². The highest BCUT2D eigenvalue weighted by Crippen LogP contribution is 2.45. The molecule has 3 aromatic heterocycles. The lowest BCUT2D eigenvalue weighted by Crippen LogP contribution is -2.05. The van der Waals surface area contributed by atoms with Crippen molar-refractivity contribution in [2.75, 3.05) is 5.75 Å². The molecule has 0 aliphatic rings. The van der Waals surface area contributed by atoms with Gasteiger partial charge in [-0.25, -0.2) is 9.97 Å². The van der Waals surface area contributed by atoms with Crippen LogP contribution in [0.25, 0.3) is 32.0 Å². The summed E-state index contributed by atoms with van der Waals surface area (Å²) in [7, 11) is 1.77. The van der Waals surface area contributed by atoms with Crippen LogP contribution >= 0.6 is 34.7 Å². The number of benzene rings is 1. The van der Waals surface area contributed by atoms with E-state index in [0.717, 1.165) is 37.9 Å². The van der Waals surface area contributed by atoms with Gasteiger partial charge in [-0.2, -0.15) is 13.2 Å². The van der Waals surface area contributed by atoms with Gasteiger partial charge in [0.05, 0.1) is 10.4 Å². The number of hydrogen-bond acceptors (Lipinski definition) is 4. The minimum Gasteiger partial charge on any atom is -0.311 e. The van der Waals surface area contributed by atoms with Crippen LogP contribution in [0.5, 0.6) is 0 Å². The summed E-state index contributed by atoms with van der Waals surface area (Å²) in [5.41, 5.74) is -0.155. The molecule has 4 rings (SSSR count). The lowest BCUT2D eigenvalue weighted by molar-refractivity contribution is -0.137. The average molecular weight is 428 g/mol. The molecule has 3 nitrogen and oxygen atoms in total. The predicted molar refractivity (Wildman–Crippen MR) is 106 cm³/mol. The summed E-state index contributed by atoms with van der Waals surface area (Å²) in [6, 6.07) is 6.75.